The summed E-state index contributed by atoms with van der Waals surface area (Å²) in [6.45, 7) is 4.74. The van der Waals surface area contributed by atoms with Crippen molar-refractivity contribution in [2.24, 2.45) is 11.8 Å². The van der Waals surface area contributed by atoms with Gasteiger partial charge in [0.1, 0.15) is 0 Å². The Bertz CT molecular complexity index is 337. The summed E-state index contributed by atoms with van der Waals surface area (Å²) in [5.41, 5.74) is 0. The molecule has 0 aliphatic carbocycles. The normalized spacial score (nSPS) is 16.8. The molecule has 1 aliphatic heterocycles. The van der Waals surface area contributed by atoms with E-state index in [1.54, 1.807) is 18.7 Å². The van der Waals surface area contributed by atoms with E-state index in [0.717, 1.165) is 0 Å². The van der Waals surface area contributed by atoms with Gasteiger partial charge in [-0.15, -0.1) is 5.92 Å². The third kappa shape index (κ3) is 2.89. The molecule has 2 amide bonds. The van der Waals surface area contributed by atoms with Crippen molar-refractivity contribution in [1.82, 2.24) is 10.2 Å². The van der Waals surface area contributed by atoms with Gasteiger partial charge < -0.3 is 15.3 Å². The van der Waals surface area contributed by atoms with Gasteiger partial charge in [0.05, 0.1) is 12.5 Å². The van der Waals surface area contributed by atoms with E-state index in [-0.39, 0.29) is 17.9 Å². The van der Waals surface area contributed by atoms with Gasteiger partial charge in [0.2, 0.25) is 0 Å². The van der Waals surface area contributed by atoms with E-state index in [9.17, 15) is 9.59 Å². The Balaban J connectivity index is 2.26. The monoisotopic (exact) mass is 224 g/mol. The minimum absolute atomic E-state index is 0.0699. The zero-order valence-electron chi connectivity index (χ0n) is 9.49. The van der Waals surface area contributed by atoms with E-state index in [4.69, 9.17) is 5.11 Å². The molecule has 1 rings (SSSR count). The summed E-state index contributed by atoms with van der Waals surface area (Å²) in [5, 5.41) is 11.4. The third-order valence-corrected chi connectivity index (χ3v) is 2.80. The van der Waals surface area contributed by atoms with Crippen LogP contribution in [-0.4, -0.2) is 41.6 Å². The van der Waals surface area contributed by atoms with Gasteiger partial charge in [-0.25, -0.2) is 4.79 Å². The molecule has 88 valence electrons. The molecule has 0 aromatic rings. The van der Waals surface area contributed by atoms with Crippen LogP contribution < -0.4 is 5.32 Å². The van der Waals surface area contributed by atoms with E-state index < -0.39 is 5.97 Å². The number of rotatable bonds is 3. The van der Waals surface area contributed by atoms with E-state index >= 15 is 0 Å². The van der Waals surface area contributed by atoms with Gasteiger partial charge in [-0.2, -0.15) is 0 Å². The lowest BCUT2D eigenvalue weighted by Crippen LogP contribution is -2.56. The maximum Gasteiger partial charge on any atom is 0.318 e. The number of hydrogen-bond donors (Lipinski definition) is 2. The van der Waals surface area contributed by atoms with Crippen LogP contribution in [-0.2, 0) is 4.79 Å². The van der Waals surface area contributed by atoms with Crippen LogP contribution in [0.3, 0.4) is 0 Å². The second kappa shape index (κ2) is 5.40. The number of amides is 2. The van der Waals surface area contributed by atoms with Gasteiger partial charge >= 0.3 is 12.0 Å². The van der Waals surface area contributed by atoms with Crippen LogP contribution in [0.25, 0.3) is 0 Å². The SMILES string of the molecule is CC#CCNC(=O)N1CC(C(C)C(=O)O)C1. The zero-order valence-corrected chi connectivity index (χ0v) is 9.49. The zero-order chi connectivity index (χ0) is 12.1. The lowest BCUT2D eigenvalue weighted by Gasteiger charge is -2.40. The van der Waals surface area contributed by atoms with E-state index in [1.807, 2.05) is 0 Å². The fourth-order valence-corrected chi connectivity index (χ4v) is 1.52. The fraction of sp³-hybridized carbons (Fsp3) is 0.636. The summed E-state index contributed by atoms with van der Waals surface area (Å²) in [6, 6.07) is -0.170. The highest BCUT2D eigenvalue weighted by atomic mass is 16.4. The Labute approximate surface area is 94.8 Å². The molecule has 1 fully saturated rings. The second-order valence-corrected chi connectivity index (χ2v) is 3.88. The van der Waals surface area contributed by atoms with Gasteiger partial charge in [-0.05, 0) is 6.92 Å². The van der Waals surface area contributed by atoms with Crippen LogP contribution in [0, 0.1) is 23.7 Å². The molecule has 1 aliphatic rings. The van der Waals surface area contributed by atoms with Gasteiger partial charge in [0.25, 0.3) is 0 Å². The molecular formula is C11H16N2O3. The van der Waals surface area contributed by atoms with Gasteiger partial charge in [0, 0.05) is 19.0 Å². The number of carbonyl (C=O) groups is 2. The van der Waals surface area contributed by atoms with Crippen LogP contribution in [0.5, 0.6) is 0 Å². The molecule has 16 heavy (non-hydrogen) atoms. The second-order valence-electron chi connectivity index (χ2n) is 3.88. The first-order valence-corrected chi connectivity index (χ1v) is 5.21. The number of hydrogen-bond acceptors (Lipinski definition) is 2. The Morgan fingerprint density at radius 2 is 2.19 bits per heavy atom. The summed E-state index contributed by atoms with van der Waals surface area (Å²) >= 11 is 0. The first kappa shape index (κ1) is 12.4. The molecule has 5 nitrogen and oxygen atoms in total. The molecule has 1 atom stereocenters. The molecule has 0 bridgehead atoms. The molecule has 0 radical (unpaired) electrons. The Morgan fingerprint density at radius 3 is 2.69 bits per heavy atom. The summed E-state index contributed by atoms with van der Waals surface area (Å²) in [4.78, 5) is 23.7. The Kier molecular flexibility index (Phi) is 4.18. The lowest BCUT2D eigenvalue weighted by molar-refractivity contribution is -0.144. The van der Waals surface area contributed by atoms with E-state index in [2.05, 4.69) is 17.2 Å². The average Bonchev–Trinajstić information content (AvgIpc) is 2.15. The number of likely N-dealkylation sites (tertiary alicyclic amines) is 1. The highest BCUT2D eigenvalue weighted by Crippen LogP contribution is 2.23. The first-order chi connectivity index (χ1) is 7.56. The minimum atomic E-state index is -0.804. The standard InChI is InChI=1S/C11H16N2O3/c1-3-4-5-12-11(16)13-6-9(7-13)8(2)10(14)15/h8-9H,5-7H2,1-2H3,(H,12,16)(H,14,15). The first-order valence-electron chi connectivity index (χ1n) is 5.21. The Hall–Kier alpha value is -1.70. The quantitative estimate of drug-likeness (QED) is 0.680. The van der Waals surface area contributed by atoms with Crippen molar-refractivity contribution >= 4 is 12.0 Å². The number of urea groups is 1. The molecule has 2 N–H and O–H groups in total. The molecule has 0 aromatic carbocycles. The van der Waals surface area contributed by atoms with Crippen molar-refractivity contribution in [2.45, 2.75) is 13.8 Å². The largest absolute Gasteiger partial charge is 0.481 e. The number of carboxylic acids is 1. The summed E-state index contributed by atoms with van der Waals surface area (Å²) < 4.78 is 0. The van der Waals surface area contributed by atoms with Crippen molar-refractivity contribution in [1.29, 1.82) is 0 Å². The minimum Gasteiger partial charge on any atom is -0.481 e. The van der Waals surface area contributed by atoms with Crippen molar-refractivity contribution < 1.29 is 14.7 Å². The number of nitrogens with zero attached hydrogens (tertiary/aromatic N) is 1. The molecule has 5 heteroatoms. The van der Waals surface area contributed by atoms with Crippen LogP contribution in [0.15, 0.2) is 0 Å². The average molecular weight is 224 g/mol. The van der Waals surface area contributed by atoms with Crippen LogP contribution in [0.2, 0.25) is 0 Å². The molecule has 1 saturated heterocycles. The van der Waals surface area contributed by atoms with Gasteiger partial charge in [0.15, 0.2) is 0 Å². The summed E-state index contributed by atoms with van der Waals surface area (Å²) in [7, 11) is 0. The molecule has 1 heterocycles. The van der Waals surface area contributed by atoms with Crippen LogP contribution in [0.1, 0.15) is 13.8 Å². The maximum absolute atomic E-state index is 11.4. The number of carboxylic acid groups (broad SMARTS) is 1. The van der Waals surface area contributed by atoms with Crippen molar-refractivity contribution in [3.8, 4) is 11.8 Å². The summed E-state index contributed by atoms with van der Waals surface area (Å²) in [5.74, 6) is 4.29. The number of carbonyl (C=O) groups excluding carboxylic acids is 1. The Morgan fingerprint density at radius 1 is 1.56 bits per heavy atom. The third-order valence-electron chi connectivity index (χ3n) is 2.80. The van der Waals surface area contributed by atoms with Crippen molar-refractivity contribution in [3.63, 3.8) is 0 Å². The highest BCUT2D eigenvalue weighted by Gasteiger charge is 2.36. The predicted molar refractivity (Wildman–Crippen MR) is 58.7 cm³/mol. The van der Waals surface area contributed by atoms with Crippen LogP contribution in [0.4, 0.5) is 4.79 Å². The number of aliphatic carboxylic acids is 1. The highest BCUT2D eigenvalue weighted by molar-refractivity contribution is 5.76. The summed E-state index contributed by atoms with van der Waals surface area (Å²) in [6.07, 6.45) is 0. The molecule has 0 spiro atoms. The molecule has 0 aromatic heterocycles. The van der Waals surface area contributed by atoms with Crippen molar-refractivity contribution in [3.05, 3.63) is 0 Å². The topological polar surface area (TPSA) is 69.6 Å². The van der Waals surface area contributed by atoms with Gasteiger partial charge in [-0.3, -0.25) is 4.79 Å². The van der Waals surface area contributed by atoms with Crippen LogP contribution >= 0.6 is 0 Å². The molecule has 0 saturated carbocycles. The lowest BCUT2D eigenvalue weighted by atomic mass is 9.87. The van der Waals surface area contributed by atoms with Gasteiger partial charge in [-0.1, -0.05) is 12.8 Å². The van der Waals surface area contributed by atoms with E-state index in [1.165, 1.54) is 0 Å². The smallest absolute Gasteiger partial charge is 0.318 e. The fourth-order valence-electron chi connectivity index (χ4n) is 1.52. The number of nitrogens with one attached hydrogen (secondary N) is 1. The van der Waals surface area contributed by atoms with E-state index in [0.29, 0.717) is 19.6 Å². The molecular weight excluding hydrogens is 208 g/mol. The van der Waals surface area contributed by atoms with Crippen molar-refractivity contribution in [2.75, 3.05) is 19.6 Å². The predicted octanol–water partition coefficient (Wildman–Crippen LogP) is 0.372. The molecule has 1 unspecified atom stereocenters. The maximum atomic E-state index is 11.4.